The third-order valence-electron chi connectivity index (χ3n) is 4.40. The number of aromatic nitrogens is 1. The van der Waals surface area contributed by atoms with Gasteiger partial charge in [0.05, 0.1) is 6.21 Å². The minimum absolute atomic E-state index is 0. The molecule has 0 aliphatic rings. The summed E-state index contributed by atoms with van der Waals surface area (Å²) in [5.74, 6) is 1.02. The monoisotopic (exact) mass is 413 g/mol. The van der Waals surface area contributed by atoms with Crippen LogP contribution in [0.4, 0.5) is 0 Å². The molecule has 0 aliphatic heterocycles. The maximum absolute atomic E-state index is 7.82. The predicted octanol–water partition coefficient (Wildman–Crippen LogP) is 4.81. The summed E-state index contributed by atoms with van der Waals surface area (Å²) in [6.07, 6.45) is 6.99. The van der Waals surface area contributed by atoms with E-state index in [0.29, 0.717) is 6.61 Å². The van der Waals surface area contributed by atoms with Gasteiger partial charge in [0.15, 0.2) is 0 Å². The molecule has 0 fully saturated rings. The average molecular weight is 414 g/mol. The van der Waals surface area contributed by atoms with Crippen LogP contribution in [0.25, 0.3) is 10.9 Å². The quantitative estimate of drug-likeness (QED) is 0.176. The van der Waals surface area contributed by atoms with Crippen LogP contribution in [0.5, 0.6) is 5.75 Å². The number of ether oxygens (including phenoxy) is 1. The number of fused-ring (bicyclic) bond motifs is 1. The van der Waals surface area contributed by atoms with Crippen molar-refractivity contribution in [3.05, 3.63) is 65.9 Å². The van der Waals surface area contributed by atoms with Gasteiger partial charge >= 0.3 is 0 Å². The Morgan fingerprint density at radius 1 is 1.17 bits per heavy atom. The summed E-state index contributed by atoms with van der Waals surface area (Å²) in [6.45, 7) is 3.47. The Balaban J connectivity index is 0.00000300. The van der Waals surface area contributed by atoms with Gasteiger partial charge in [-0.15, -0.1) is 12.4 Å². The Bertz CT molecular complexity index is 923. The van der Waals surface area contributed by atoms with E-state index in [1.54, 1.807) is 6.21 Å². The van der Waals surface area contributed by atoms with Crippen LogP contribution in [-0.4, -0.2) is 23.7 Å². The lowest BCUT2D eigenvalue weighted by molar-refractivity contribution is 0.306. The van der Waals surface area contributed by atoms with Crippen molar-refractivity contribution in [2.75, 3.05) is 6.54 Å². The molecule has 0 radical (unpaired) electrons. The van der Waals surface area contributed by atoms with E-state index in [-0.39, 0.29) is 18.4 Å². The number of guanidine groups is 1. The molecular weight excluding hydrogens is 386 g/mol. The molecule has 2 aromatic carbocycles. The number of benzene rings is 2. The van der Waals surface area contributed by atoms with E-state index in [4.69, 9.17) is 10.1 Å². The van der Waals surface area contributed by atoms with Gasteiger partial charge in [0.25, 0.3) is 0 Å². The number of halogens is 1. The summed E-state index contributed by atoms with van der Waals surface area (Å²) >= 11 is 0. The summed E-state index contributed by atoms with van der Waals surface area (Å²) < 4.78 is 5.91. The lowest BCUT2D eigenvalue weighted by Gasteiger charge is -2.07. The topological polar surface area (TPSA) is 85.3 Å². The molecule has 4 N–H and O–H groups in total. The van der Waals surface area contributed by atoms with Crippen LogP contribution >= 0.6 is 12.4 Å². The summed E-state index contributed by atoms with van der Waals surface area (Å²) in [7, 11) is 0. The number of aromatic amines is 1. The molecule has 1 heterocycles. The van der Waals surface area contributed by atoms with Gasteiger partial charge in [-0.3, -0.25) is 5.41 Å². The number of H-pyrrole nitrogens is 1. The minimum atomic E-state index is 0. The maximum Gasteiger partial charge on any atom is 0.209 e. The third-order valence-corrected chi connectivity index (χ3v) is 4.40. The van der Waals surface area contributed by atoms with Crippen LogP contribution in [0.1, 0.15) is 37.3 Å². The van der Waals surface area contributed by atoms with Crippen LogP contribution in [-0.2, 0) is 6.61 Å². The van der Waals surface area contributed by atoms with Crippen molar-refractivity contribution in [3.63, 3.8) is 0 Å². The van der Waals surface area contributed by atoms with Gasteiger partial charge in [0.1, 0.15) is 12.4 Å². The molecule has 0 saturated carbocycles. The van der Waals surface area contributed by atoms with Crippen molar-refractivity contribution in [3.8, 4) is 5.75 Å². The molecule has 154 valence electrons. The van der Waals surface area contributed by atoms with E-state index in [1.165, 1.54) is 0 Å². The molecule has 0 aliphatic carbocycles. The molecule has 6 nitrogen and oxygen atoms in total. The van der Waals surface area contributed by atoms with Crippen molar-refractivity contribution < 1.29 is 4.74 Å². The van der Waals surface area contributed by atoms with Crippen molar-refractivity contribution >= 4 is 35.5 Å². The second kappa shape index (κ2) is 11.8. The normalized spacial score (nSPS) is 10.7. The lowest BCUT2D eigenvalue weighted by atomic mass is 10.2. The number of nitrogens with one attached hydrogen (secondary N) is 4. The van der Waals surface area contributed by atoms with Crippen molar-refractivity contribution in [2.24, 2.45) is 5.10 Å². The summed E-state index contributed by atoms with van der Waals surface area (Å²) in [5, 5.41) is 16.0. The van der Waals surface area contributed by atoms with Gasteiger partial charge in [-0.1, -0.05) is 50.1 Å². The fraction of sp³-hybridized carbons (Fsp3) is 0.273. The van der Waals surface area contributed by atoms with E-state index in [0.717, 1.165) is 53.6 Å². The number of hydrogen-bond donors (Lipinski definition) is 4. The van der Waals surface area contributed by atoms with E-state index in [1.807, 2.05) is 54.7 Å². The first-order valence-electron chi connectivity index (χ1n) is 9.65. The highest BCUT2D eigenvalue weighted by Crippen LogP contribution is 2.23. The van der Waals surface area contributed by atoms with Crippen LogP contribution in [0.2, 0.25) is 0 Å². The Morgan fingerprint density at radius 3 is 2.79 bits per heavy atom. The molecule has 29 heavy (non-hydrogen) atoms. The summed E-state index contributed by atoms with van der Waals surface area (Å²) in [5.41, 5.74) is 5.80. The molecule has 0 amide bonds. The van der Waals surface area contributed by atoms with Crippen molar-refractivity contribution in [1.82, 2.24) is 15.7 Å². The minimum Gasteiger partial charge on any atom is -0.489 e. The van der Waals surface area contributed by atoms with Gasteiger partial charge in [-0.05, 0) is 30.2 Å². The second-order valence-electron chi connectivity index (χ2n) is 6.60. The fourth-order valence-electron chi connectivity index (χ4n) is 2.85. The average Bonchev–Trinajstić information content (AvgIpc) is 3.13. The zero-order valence-corrected chi connectivity index (χ0v) is 17.4. The number of rotatable bonds is 9. The third kappa shape index (κ3) is 6.84. The van der Waals surface area contributed by atoms with E-state index < -0.39 is 0 Å². The van der Waals surface area contributed by atoms with Gasteiger partial charge < -0.3 is 15.0 Å². The molecule has 3 rings (SSSR count). The van der Waals surface area contributed by atoms with Crippen LogP contribution in [0.15, 0.2) is 59.8 Å². The zero-order chi connectivity index (χ0) is 19.6. The first-order chi connectivity index (χ1) is 13.8. The summed E-state index contributed by atoms with van der Waals surface area (Å²) in [6, 6.07) is 16.1. The highest BCUT2D eigenvalue weighted by Gasteiger charge is 2.04. The Morgan fingerprint density at radius 2 is 2.00 bits per heavy atom. The molecule has 0 saturated heterocycles. The first kappa shape index (κ1) is 22.3. The number of hydrogen-bond acceptors (Lipinski definition) is 3. The van der Waals surface area contributed by atoms with Gasteiger partial charge in [-0.25, -0.2) is 5.43 Å². The lowest BCUT2D eigenvalue weighted by Crippen LogP contribution is -2.33. The molecule has 0 spiro atoms. The second-order valence-corrected chi connectivity index (χ2v) is 6.60. The molecular formula is C22H28ClN5O. The number of hydrazone groups is 1. The van der Waals surface area contributed by atoms with Gasteiger partial charge in [0.2, 0.25) is 5.96 Å². The first-order valence-corrected chi connectivity index (χ1v) is 9.65. The Labute approximate surface area is 177 Å². The molecule has 7 heteroatoms. The molecule has 0 unspecified atom stereocenters. The predicted molar refractivity (Wildman–Crippen MR) is 122 cm³/mol. The zero-order valence-electron chi connectivity index (χ0n) is 16.6. The van der Waals surface area contributed by atoms with Gasteiger partial charge in [-0.2, -0.15) is 5.10 Å². The molecule has 0 bridgehead atoms. The highest BCUT2D eigenvalue weighted by atomic mass is 35.5. The van der Waals surface area contributed by atoms with E-state index in [9.17, 15) is 0 Å². The number of unbranched alkanes of at least 4 members (excludes halogenated alkanes) is 2. The van der Waals surface area contributed by atoms with Crippen LogP contribution in [0.3, 0.4) is 0 Å². The smallest absolute Gasteiger partial charge is 0.209 e. The number of nitrogens with zero attached hydrogens (tertiary/aromatic N) is 1. The van der Waals surface area contributed by atoms with E-state index in [2.05, 4.69) is 27.8 Å². The van der Waals surface area contributed by atoms with Crippen molar-refractivity contribution in [1.29, 1.82) is 5.41 Å². The SMILES string of the molecule is CCCCCNC(=N)NN=Cc1c[nH]c2ccc(OCc3ccccc3)cc12.Cl. The summed E-state index contributed by atoms with van der Waals surface area (Å²) in [4.78, 5) is 3.23. The maximum atomic E-state index is 7.82. The van der Waals surface area contributed by atoms with Crippen molar-refractivity contribution in [2.45, 2.75) is 32.8 Å². The molecule has 3 aromatic rings. The Kier molecular flexibility index (Phi) is 9.05. The highest BCUT2D eigenvalue weighted by molar-refractivity contribution is 5.99. The van der Waals surface area contributed by atoms with Crippen LogP contribution in [0, 0.1) is 5.41 Å². The Hall–Kier alpha value is -2.99. The van der Waals surface area contributed by atoms with Gasteiger partial charge in [0, 0.05) is 29.2 Å². The van der Waals surface area contributed by atoms with Crippen LogP contribution < -0.4 is 15.5 Å². The fourth-order valence-corrected chi connectivity index (χ4v) is 2.85. The largest absolute Gasteiger partial charge is 0.489 e. The van der Waals surface area contributed by atoms with E-state index >= 15 is 0 Å². The molecule has 1 aromatic heterocycles. The molecule has 0 atom stereocenters. The standard InChI is InChI=1S/C22H27N5O.ClH/c1-2-3-7-12-24-22(23)27-26-15-18-14-25-21-11-10-19(13-20(18)21)28-16-17-8-5-4-6-9-17;/h4-6,8-11,13-15,25H,2-3,7,12,16H2,1H3,(H3,23,24,27);1H.